The van der Waals surface area contributed by atoms with Gasteiger partial charge in [0.15, 0.2) is 5.69 Å². The summed E-state index contributed by atoms with van der Waals surface area (Å²) in [6.07, 6.45) is 0.531. The molecule has 3 aromatic rings. The highest BCUT2D eigenvalue weighted by molar-refractivity contribution is 6.01. The average molecular weight is 377 g/mol. The van der Waals surface area contributed by atoms with E-state index in [4.69, 9.17) is 9.26 Å². The summed E-state index contributed by atoms with van der Waals surface area (Å²) in [7, 11) is 0. The topological polar surface area (TPSA) is 93.5 Å². The van der Waals surface area contributed by atoms with Crippen molar-refractivity contribution in [1.29, 1.82) is 0 Å². The predicted octanol–water partition coefficient (Wildman–Crippen LogP) is 2.70. The highest BCUT2D eigenvalue weighted by Crippen LogP contribution is 2.27. The molecule has 4 rings (SSSR count). The van der Waals surface area contributed by atoms with Crippen molar-refractivity contribution < 1.29 is 18.8 Å². The van der Waals surface area contributed by atoms with Gasteiger partial charge in [0.25, 0.3) is 11.8 Å². The molecule has 0 saturated heterocycles. The van der Waals surface area contributed by atoms with Gasteiger partial charge >= 0.3 is 0 Å². The van der Waals surface area contributed by atoms with Gasteiger partial charge in [0.2, 0.25) is 0 Å². The van der Waals surface area contributed by atoms with Crippen LogP contribution >= 0.6 is 0 Å². The van der Waals surface area contributed by atoms with Crippen LogP contribution in [0.5, 0.6) is 5.75 Å². The zero-order valence-electron chi connectivity index (χ0n) is 15.3. The second kappa shape index (κ2) is 7.56. The zero-order chi connectivity index (χ0) is 19.5. The molecule has 2 aromatic carbocycles. The lowest BCUT2D eigenvalue weighted by Crippen LogP contribution is -2.46. The van der Waals surface area contributed by atoms with Crippen LogP contribution in [0.1, 0.15) is 27.4 Å². The van der Waals surface area contributed by atoms with Crippen LogP contribution in [-0.4, -0.2) is 29.6 Å². The SMILES string of the molecule is Cc1ccc2c(c1)NC(=O)[C@@H](NC(=O)c1cc(Cc3ccccc3)on1)CO2. The molecule has 7 nitrogen and oxygen atoms in total. The molecule has 0 aliphatic carbocycles. The van der Waals surface area contributed by atoms with Crippen LogP contribution in [0.4, 0.5) is 5.69 Å². The third-order valence-corrected chi connectivity index (χ3v) is 4.43. The molecule has 28 heavy (non-hydrogen) atoms. The van der Waals surface area contributed by atoms with Gasteiger partial charge in [-0.2, -0.15) is 0 Å². The number of aromatic nitrogens is 1. The number of carbonyl (C=O) groups excluding carboxylic acids is 2. The minimum absolute atomic E-state index is 0.0301. The van der Waals surface area contributed by atoms with E-state index in [1.165, 1.54) is 0 Å². The van der Waals surface area contributed by atoms with E-state index in [-0.39, 0.29) is 18.2 Å². The Kier molecular flexibility index (Phi) is 4.80. The van der Waals surface area contributed by atoms with Crippen LogP contribution in [0, 0.1) is 6.92 Å². The van der Waals surface area contributed by atoms with Gasteiger partial charge in [0, 0.05) is 12.5 Å². The van der Waals surface area contributed by atoms with E-state index in [9.17, 15) is 9.59 Å². The molecule has 2 amide bonds. The van der Waals surface area contributed by atoms with E-state index in [0.717, 1.165) is 11.1 Å². The zero-order valence-corrected chi connectivity index (χ0v) is 15.3. The van der Waals surface area contributed by atoms with Crippen LogP contribution in [-0.2, 0) is 11.2 Å². The van der Waals surface area contributed by atoms with Crippen molar-refractivity contribution in [3.05, 3.63) is 77.2 Å². The maximum absolute atomic E-state index is 12.5. The molecular weight excluding hydrogens is 358 g/mol. The molecule has 0 saturated carbocycles. The third kappa shape index (κ3) is 3.88. The highest BCUT2D eigenvalue weighted by Gasteiger charge is 2.27. The molecule has 0 unspecified atom stereocenters. The van der Waals surface area contributed by atoms with E-state index in [0.29, 0.717) is 23.6 Å². The van der Waals surface area contributed by atoms with E-state index in [2.05, 4.69) is 15.8 Å². The first-order valence-electron chi connectivity index (χ1n) is 8.93. The summed E-state index contributed by atoms with van der Waals surface area (Å²) in [6, 6.07) is 16.0. The Morgan fingerprint density at radius 1 is 1.21 bits per heavy atom. The van der Waals surface area contributed by atoms with Crippen molar-refractivity contribution in [2.24, 2.45) is 0 Å². The lowest BCUT2D eigenvalue weighted by molar-refractivity contribution is -0.118. The molecule has 0 radical (unpaired) electrons. The minimum atomic E-state index is -0.838. The molecule has 142 valence electrons. The fourth-order valence-electron chi connectivity index (χ4n) is 2.98. The number of rotatable bonds is 4. The number of carbonyl (C=O) groups is 2. The second-order valence-electron chi connectivity index (χ2n) is 6.67. The summed E-state index contributed by atoms with van der Waals surface area (Å²) in [5.41, 5.74) is 2.76. The average Bonchev–Trinajstić information content (AvgIpc) is 3.09. The summed E-state index contributed by atoms with van der Waals surface area (Å²) >= 11 is 0. The number of nitrogens with one attached hydrogen (secondary N) is 2. The van der Waals surface area contributed by atoms with Crippen LogP contribution in [0.15, 0.2) is 59.1 Å². The Balaban J connectivity index is 1.42. The van der Waals surface area contributed by atoms with Gasteiger partial charge in [-0.3, -0.25) is 9.59 Å². The number of ether oxygens (including phenoxy) is 1. The predicted molar refractivity (Wildman–Crippen MR) is 102 cm³/mol. The van der Waals surface area contributed by atoms with Gasteiger partial charge in [-0.25, -0.2) is 0 Å². The highest BCUT2D eigenvalue weighted by atomic mass is 16.5. The summed E-state index contributed by atoms with van der Waals surface area (Å²) in [4.78, 5) is 24.9. The Bertz CT molecular complexity index is 1010. The molecule has 2 heterocycles. The molecule has 1 aromatic heterocycles. The molecule has 1 aliphatic rings. The van der Waals surface area contributed by atoms with E-state index in [1.807, 2.05) is 49.4 Å². The maximum Gasteiger partial charge on any atom is 0.274 e. The normalized spacial score (nSPS) is 15.8. The van der Waals surface area contributed by atoms with E-state index >= 15 is 0 Å². The molecule has 0 spiro atoms. The number of amides is 2. The number of aryl methyl sites for hydroxylation is 1. The summed E-state index contributed by atoms with van der Waals surface area (Å²) in [5, 5.41) is 9.26. The minimum Gasteiger partial charge on any atom is -0.489 e. The van der Waals surface area contributed by atoms with E-state index < -0.39 is 11.9 Å². The van der Waals surface area contributed by atoms with Gasteiger partial charge in [-0.05, 0) is 30.2 Å². The fourth-order valence-corrected chi connectivity index (χ4v) is 2.98. The van der Waals surface area contributed by atoms with Crippen molar-refractivity contribution in [3.8, 4) is 5.75 Å². The Labute approximate surface area is 161 Å². The van der Waals surface area contributed by atoms with Crippen molar-refractivity contribution in [1.82, 2.24) is 10.5 Å². The van der Waals surface area contributed by atoms with Gasteiger partial charge in [0.05, 0.1) is 5.69 Å². The Morgan fingerprint density at radius 2 is 2.04 bits per heavy atom. The van der Waals surface area contributed by atoms with Gasteiger partial charge in [-0.15, -0.1) is 0 Å². The first-order chi connectivity index (χ1) is 13.6. The summed E-state index contributed by atoms with van der Waals surface area (Å²) < 4.78 is 10.9. The van der Waals surface area contributed by atoms with Crippen LogP contribution in [0.2, 0.25) is 0 Å². The number of nitrogens with zero attached hydrogens (tertiary/aromatic N) is 1. The first kappa shape index (κ1) is 17.8. The molecule has 2 N–H and O–H groups in total. The smallest absolute Gasteiger partial charge is 0.274 e. The lowest BCUT2D eigenvalue weighted by atomic mass is 10.1. The number of hydrogen-bond donors (Lipinski definition) is 2. The second-order valence-corrected chi connectivity index (χ2v) is 6.67. The van der Waals surface area contributed by atoms with E-state index in [1.54, 1.807) is 12.1 Å². The number of fused-ring (bicyclic) bond motifs is 1. The molecular formula is C21H19N3O4. The Hall–Kier alpha value is -3.61. The molecule has 1 aliphatic heterocycles. The summed E-state index contributed by atoms with van der Waals surface area (Å²) in [5.74, 6) is 0.308. The summed E-state index contributed by atoms with van der Waals surface area (Å²) in [6.45, 7) is 1.95. The third-order valence-electron chi connectivity index (χ3n) is 4.43. The molecule has 0 bridgehead atoms. The van der Waals surface area contributed by atoms with Crippen molar-refractivity contribution in [3.63, 3.8) is 0 Å². The van der Waals surface area contributed by atoms with Crippen molar-refractivity contribution in [2.75, 3.05) is 11.9 Å². The fraction of sp³-hybridized carbons (Fsp3) is 0.190. The van der Waals surface area contributed by atoms with Crippen LogP contribution < -0.4 is 15.4 Å². The Morgan fingerprint density at radius 3 is 2.86 bits per heavy atom. The van der Waals surface area contributed by atoms with Crippen LogP contribution in [0.25, 0.3) is 0 Å². The largest absolute Gasteiger partial charge is 0.489 e. The monoisotopic (exact) mass is 377 g/mol. The van der Waals surface area contributed by atoms with Gasteiger partial charge in [0.1, 0.15) is 24.2 Å². The quantitative estimate of drug-likeness (QED) is 0.729. The molecule has 0 fully saturated rings. The number of hydrogen-bond acceptors (Lipinski definition) is 5. The van der Waals surface area contributed by atoms with Gasteiger partial charge in [-0.1, -0.05) is 41.6 Å². The van der Waals surface area contributed by atoms with Crippen molar-refractivity contribution in [2.45, 2.75) is 19.4 Å². The molecule has 1 atom stereocenters. The van der Waals surface area contributed by atoms with Crippen LogP contribution in [0.3, 0.4) is 0 Å². The first-order valence-corrected chi connectivity index (χ1v) is 8.93. The van der Waals surface area contributed by atoms with Crippen molar-refractivity contribution >= 4 is 17.5 Å². The number of anilines is 1. The lowest BCUT2D eigenvalue weighted by Gasteiger charge is -2.13. The maximum atomic E-state index is 12.5. The standard InChI is InChI=1S/C21H19N3O4/c1-13-7-8-19-16(9-13)22-21(26)18(12-27-19)23-20(25)17-11-15(28-24-17)10-14-5-3-2-4-6-14/h2-9,11,18H,10,12H2,1H3,(H,22,26)(H,23,25)/t18-/m0/s1. The van der Waals surface area contributed by atoms with Gasteiger partial charge < -0.3 is 19.9 Å². The molecule has 7 heteroatoms. The number of benzene rings is 2.